The Kier molecular flexibility index (Phi) is 3.88. The number of benzene rings is 2. The van der Waals surface area contributed by atoms with Crippen LogP contribution in [0.3, 0.4) is 0 Å². The van der Waals surface area contributed by atoms with Crippen LogP contribution in [0.1, 0.15) is 0 Å². The van der Waals surface area contributed by atoms with E-state index in [4.69, 9.17) is 21.1 Å². The van der Waals surface area contributed by atoms with E-state index in [1.54, 1.807) is 30.3 Å². The third-order valence-corrected chi connectivity index (χ3v) is 5.41. The molecule has 2 aromatic carbocycles. The van der Waals surface area contributed by atoms with Gasteiger partial charge in [0.2, 0.25) is 0 Å². The van der Waals surface area contributed by atoms with Gasteiger partial charge in [0.1, 0.15) is 13.2 Å². The summed E-state index contributed by atoms with van der Waals surface area (Å²) < 4.78 is 37.4. The van der Waals surface area contributed by atoms with Gasteiger partial charge in [-0.1, -0.05) is 11.6 Å². The number of anilines is 1. The molecular formula is C15H14ClNO4S. The summed E-state index contributed by atoms with van der Waals surface area (Å²) in [6.45, 7) is 0.940. The van der Waals surface area contributed by atoms with Crippen LogP contribution < -0.4 is 13.8 Å². The van der Waals surface area contributed by atoms with Gasteiger partial charge in [-0.05, 0) is 36.4 Å². The van der Waals surface area contributed by atoms with Gasteiger partial charge < -0.3 is 9.47 Å². The van der Waals surface area contributed by atoms with E-state index < -0.39 is 10.0 Å². The van der Waals surface area contributed by atoms with Crippen LogP contribution in [-0.4, -0.2) is 28.7 Å². The van der Waals surface area contributed by atoms with Crippen LogP contribution in [0.15, 0.2) is 47.4 Å². The number of nitrogens with zero attached hydrogens (tertiary/aromatic N) is 1. The van der Waals surface area contributed by atoms with E-state index in [0.717, 1.165) is 0 Å². The summed E-state index contributed by atoms with van der Waals surface area (Å²) >= 11 is 5.80. The Morgan fingerprint density at radius 1 is 1.00 bits per heavy atom. The molecule has 0 saturated carbocycles. The Hall–Kier alpha value is -1.92. The van der Waals surface area contributed by atoms with E-state index >= 15 is 0 Å². The molecular weight excluding hydrogens is 326 g/mol. The molecule has 0 amide bonds. The van der Waals surface area contributed by atoms with E-state index in [9.17, 15) is 8.42 Å². The molecule has 0 unspecified atom stereocenters. The van der Waals surface area contributed by atoms with Crippen molar-refractivity contribution in [1.29, 1.82) is 0 Å². The molecule has 2 aromatic rings. The van der Waals surface area contributed by atoms with Crippen LogP contribution in [0.5, 0.6) is 11.5 Å². The van der Waals surface area contributed by atoms with Gasteiger partial charge in [-0.3, -0.25) is 4.31 Å². The van der Waals surface area contributed by atoms with Gasteiger partial charge in [-0.25, -0.2) is 8.42 Å². The maximum absolute atomic E-state index is 12.6. The molecule has 1 heterocycles. The van der Waals surface area contributed by atoms with E-state index in [-0.39, 0.29) is 4.90 Å². The van der Waals surface area contributed by atoms with E-state index in [0.29, 0.717) is 35.4 Å². The number of ether oxygens (including phenoxy) is 2. The van der Waals surface area contributed by atoms with Gasteiger partial charge in [0.25, 0.3) is 10.0 Å². The predicted molar refractivity (Wildman–Crippen MR) is 84.5 cm³/mol. The predicted octanol–water partition coefficient (Wildman–Crippen LogP) is 2.94. The van der Waals surface area contributed by atoms with E-state index in [1.165, 1.54) is 23.5 Å². The summed E-state index contributed by atoms with van der Waals surface area (Å²) in [6, 6.07) is 11.1. The average molecular weight is 340 g/mol. The highest BCUT2D eigenvalue weighted by molar-refractivity contribution is 7.92. The molecule has 0 fully saturated rings. The number of rotatable bonds is 3. The minimum atomic E-state index is -3.66. The molecule has 0 saturated heterocycles. The largest absolute Gasteiger partial charge is 0.486 e. The zero-order valence-corrected chi connectivity index (χ0v) is 13.4. The van der Waals surface area contributed by atoms with Crippen molar-refractivity contribution in [1.82, 2.24) is 0 Å². The summed E-state index contributed by atoms with van der Waals surface area (Å²) in [7, 11) is -2.16. The molecule has 0 spiro atoms. The van der Waals surface area contributed by atoms with Gasteiger partial charge in [0, 0.05) is 18.1 Å². The fourth-order valence-corrected chi connectivity index (χ4v) is 3.44. The van der Waals surface area contributed by atoms with Crippen LogP contribution in [0.2, 0.25) is 5.02 Å². The number of halogens is 1. The Bertz CT molecular complexity index is 790. The van der Waals surface area contributed by atoms with Crippen molar-refractivity contribution in [2.75, 3.05) is 24.6 Å². The third kappa shape index (κ3) is 2.71. The van der Waals surface area contributed by atoms with Crippen molar-refractivity contribution in [2.45, 2.75) is 4.90 Å². The normalized spacial score (nSPS) is 13.7. The number of fused-ring (bicyclic) bond motifs is 1. The zero-order chi connectivity index (χ0) is 15.7. The van der Waals surface area contributed by atoms with Crippen molar-refractivity contribution in [3.05, 3.63) is 47.5 Å². The molecule has 0 bridgehead atoms. The smallest absolute Gasteiger partial charge is 0.264 e. The van der Waals surface area contributed by atoms with Crippen molar-refractivity contribution >= 4 is 27.3 Å². The number of sulfonamides is 1. The van der Waals surface area contributed by atoms with Gasteiger partial charge in [-0.2, -0.15) is 0 Å². The lowest BCUT2D eigenvalue weighted by atomic mass is 10.2. The summed E-state index contributed by atoms with van der Waals surface area (Å²) in [5, 5.41) is 0.487. The molecule has 22 heavy (non-hydrogen) atoms. The van der Waals surface area contributed by atoms with Crippen molar-refractivity contribution < 1.29 is 17.9 Å². The first-order valence-corrected chi connectivity index (χ1v) is 8.44. The SMILES string of the molecule is CN(c1ccc2c(c1)OCCO2)S(=O)(=O)c1ccc(Cl)cc1. The maximum atomic E-state index is 12.6. The standard InChI is InChI=1S/C15H14ClNO4S/c1-17(22(18,19)13-5-2-11(16)3-6-13)12-4-7-14-15(10-12)21-9-8-20-14/h2-7,10H,8-9H2,1H3. The van der Waals surface area contributed by atoms with Gasteiger partial charge in [0.05, 0.1) is 10.6 Å². The second-order valence-electron chi connectivity index (χ2n) is 4.75. The number of hydrogen-bond acceptors (Lipinski definition) is 4. The lowest BCUT2D eigenvalue weighted by molar-refractivity contribution is 0.171. The van der Waals surface area contributed by atoms with Gasteiger partial charge >= 0.3 is 0 Å². The van der Waals surface area contributed by atoms with E-state index in [2.05, 4.69) is 0 Å². The summed E-state index contributed by atoms with van der Waals surface area (Å²) in [5.74, 6) is 1.16. The first-order chi connectivity index (χ1) is 10.5. The molecule has 5 nitrogen and oxygen atoms in total. The molecule has 0 atom stereocenters. The molecule has 0 N–H and O–H groups in total. The fourth-order valence-electron chi connectivity index (χ4n) is 2.13. The first kappa shape index (κ1) is 15.0. The Labute approximate surface area is 134 Å². The van der Waals surface area contributed by atoms with E-state index in [1.807, 2.05) is 0 Å². The fraction of sp³-hybridized carbons (Fsp3) is 0.200. The second-order valence-corrected chi connectivity index (χ2v) is 7.16. The summed E-state index contributed by atoms with van der Waals surface area (Å²) in [5.41, 5.74) is 0.499. The monoisotopic (exact) mass is 339 g/mol. The molecule has 0 aliphatic carbocycles. The number of hydrogen-bond donors (Lipinski definition) is 0. The first-order valence-electron chi connectivity index (χ1n) is 6.62. The molecule has 116 valence electrons. The maximum Gasteiger partial charge on any atom is 0.264 e. The molecule has 0 aromatic heterocycles. The van der Waals surface area contributed by atoms with Crippen LogP contribution >= 0.6 is 11.6 Å². The minimum absolute atomic E-state index is 0.175. The Morgan fingerprint density at radius 3 is 2.32 bits per heavy atom. The van der Waals surface area contributed by atoms with Crippen LogP contribution in [0, 0.1) is 0 Å². The molecule has 3 rings (SSSR count). The van der Waals surface area contributed by atoms with Crippen LogP contribution in [0.4, 0.5) is 5.69 Å². The quantitative estimate of drug-likeness (QED) is 0.862. The van der Waals surface area contributed by atoms with Crippen molar-refractivity contribution in [3.63, 3.8) is 0 Å². The van der Waals surface area contributed by atoms with Crippen LogP contribution in [0.25, 0.3) is 0 Å². The third-order valence-electron chi connectivity index (χ3n) is 3.36. The molecule has 0 radical (unpaired) electrons. The highest BCUT2D eigenvalue weighted by Crippen LogP contribution is 2.35. The minimum Gasteiger partial charge on any atom is -0.486 e. The highest BCUT2D eigenvalue weighted by Gasteiger charge is 2.23. The Balaban J connectivity index is 1.95. The van der Waals surface area contributed by atoms with Crippen molar-refractivity contribution in [3.8, 4) is 11.5 Å². The lowest BCUT2D eigenvalue weighted by Crippen LogP contribution is -2.26. The summed E-state index contributed by atoms with van der Waals surface area (Å²) in [4.78, 5) is 0.175. The Morgan fingerprint density at radius 2 is 1.64 bits per heavy atom. The lowest BCUT2D eigenvalue weighted by Gasteiger charge is -2.23. The second kappa shape index (κ2) is 5.70. The molecule has 1 aliphatic heterocycles. The summed E-state index contributed by atoms with van der Waals surface area (Å²) in [6.07, 6.45) is 0. The van der Waals surface area contributed by atoms with Crippen LogP contribution in [-0.2, 0) is 10.0 Å². The van der Waals surface area contributed by atoms with Crippen molar-refractivity contribution in [2.24, 2.45) is 0 Å². The topological polar surface area (TPSA) is 55.8 Å². The molecule has 1 aliphatic rings. The molecule has 7 heteroatoms. The zero-order valence-electron chi connectivity index (χ0n) is 11.8. The van der Waals surface area contributed by atoms with Gasteiger partial charge in [-0.15, -0.1) is 0 Å². The average Bonchev–Trinajstić information content (AvgIpc) is 2.54. The highest BCUT2D eigenvalue weighted by atomic mass is 35.5. The van der Waals surface area contributed by atoms with Gasteiger partial charge in [0.15, 0.2) is 11.5 Å².